The highest BCUT2D eigenvalue weighted by Crippen LogP contribution is 2.41. The first kappa shape index (κ1) is 80.7. The van der Waals surface area contributed by atoms with Crippen molar-refractivity contribution in [2.45, 2.75) is 138 Å². The van der Waals surface area contributed by atoms with Gasteiger partial charge in [0.2, 0.25) is 0 Å². The van der Waals surface area contributed by atoms with Crippen molar-refractivity contribution in [2.75, 3.05) is 164 Å². The van der Waals surface area contributed by atoms with Crippen LogP contribution in [0.25, 0.3) is 0 Å². The largest absolute Gasteiger partial charge is 0.497 e. The number of aliphatic hydroxyl groups is 6. The molecule has 1 saturated carbocycles. The van der Waals surface area contributed by atoms with Crippen LogP contribution in [-0.2, 0) is 67.2 Å². The molecule has 3 aromatic rings. The molecule has 0 bridgehead atoms. The van der Waals surface area contributed by atoms with E-state index in [2.05, 4.69) is 0 Å². The third-order valence-corrected chi connectivity index (χ3v) is 17.7. The maximum absolute atomic E-state index is 14.0. The number of carbonyl (C=O) groups is 3. The van der Waals surface area contributed by atoms with Crippen molar-refractivity contribution in [3.63, 3.8) is 0 Å². The zero-order valence-electron chi connectivity index (χ0n) is 59.1. The first-order chi connectivity index (χ1) is 45.5. The zero-order valence-corrected chi connectivity index (χ0v) is 59.1. The van der Waals surface area contributed by atoms with Crippen LogP contribution in [0.2, 0.25) is 0 Å². The van der Waals surface area contributed by atoms with E-state index in [-0.39, 0.29) is 58.8 Å². The van der Waals surface area contributed by atoms with Gasteiger partial charge in [-0.25, -0.2) is 14.4 Å². The van der Waals surface area contributed by atoms with Gasteiger partial charge in [-0.1, -0.05) is 43.3 Å². The van der Waals surface area contributed by atoms with E-state index in [1.165, 1.54) is 7.11 Å². The molecule has 28 heteroatoms. The lowest BCUT2D eigenvalue weighted by Gasteiger charge is -2.54. The Morgan fingerprint density at radius 2 is 0.866 bits per heavy atom. The van der Waals surface area contributed by atoms with Crippen molar-refractivity contribution < 1.29 is 121 Å². The highest BCUT2D eigenvalue weighted by molar-refractivity contribution is 5.68. The Balaban J connectivity index is 1.59. The van der Waals surface area contributed by atoms with Crippen molar-refractivity contribution in [2.24, 2.45) is 11.8 Å². The molecule has 1 aliphatic carbocycles. The number of aliphatic hydroxyl groups excluding tert-OH is 6. The fourth-order valence-corrected chi connectivity index (χ4v) is 13.9. The van der Waals surface area contributed by atoms with Gasteiger partial charge in [0.25, 0.3) is 0 Å². The van der Waals surface area contributed by atoms with Crippen molar-refractivity contribution >= 4 is 17.9 Å². The molecular weight excluding hydrogens is 1260 g/mol. The molecular formula is C69H113N6O22+3. The number of methoxy groups -OCH3 is 3. The number of benzene rings is 3. The molecule has 2 aliphatic heterocycles. The maximum atomic E-state index is 14.0. The molecule has 548 valence electrons. The van der Waals surface area contributed by atoms with Gasteiger partial charge >= 0.3 is 17.9 Å². The Bertz CT molecular complexity index is 2900. The smallest absolute Gasteiger partial charge is 0.329 e. The number of hydrogen-bond acceptors (Lipinski definition) is 22. The van der Waals surface area contributed by atoms with E-state index < -0.39 is 160 Å². The molecule has 0 spiro atoms. The van der Waals surface area contributed by atoms with Gasteiger partial charge in [-0.15, -0.1) is 0 Å². The van der Waals surface area contributed by atoms with Gasteiger partial charge < -0.3 is 107 Å². The van der Waals surface area contributed by atoms with Crippen LogP contribution in [0.3, 0.4) is 0 Å². The molecule has 2 heterocycles. The standard InChI is InChI=1S/C69H110N6O22/c1-43-48(37-91-40-58(79)80)27-55(62(64(43)85)71(32-50(77)35-74(6,7)8)29-46-19-16-22-53(25-46)89-13)95-67-57(39-93-42-60(83)84)96-69(63(66(67)87)72(33-51(78)36-75(9,10)11)30-47-20-17-23-54(26-47)90-14)97-68-56(38-92-41-59(81)82)94-44(2)61(65(68)86)70(31-49(76)34-73(3,4)5)28-45-18-15-21-52(24-45)88-12/h15-26,43-44,48-51,55-57,61-69,76-78,85-87H,27-42H2,1-14H3/p+3/t43-,44+,48-,49?,50?,51?,55-,56-,57-,61+,62+,63-,64+,65-,66-,67-,68-,69+/m1/s1. The average molecular weight is 1380 g/mol. The van der Waals surface area contributed by atoms with E-state index in [0.29, 0.717) is 49.4 Å². The quantitative estimate of drug-likeness (QED) is 0.0351. The highest BCUT2D eigenvalue weighted by atomic mass is 16.7. The second kappa shape index (κ2) is 36.9. The van der Waals surface area contributed by atoms with Gasteiger partial charge in [0.05, 0.1) is 141 Å². The normalized spacial score (nSPS) is 27.6. The average Bonchev–Trinajstić information content (AvgIpc) is 0.768. The number of nitrogens with zero attached hydrogens (tertiary/aromatic N) is 6. The van der Waals surface area contributed by atoms with Crippen LogP contribution in [0, 0.1) is 11.8 Å². The van der Waals surface area contributed by atoms with Crippen LogP contribution in [-0.4, -0.2) is 353 Å². The molecule has 0 aromatic heterocycles. The molecule has 6 rings (SSSR count). The fraction of sp³-hybridized carbons (Fsp3) is 0.696. The minimum absolute atomic E-state index is 0.00159. The lowest BCUT2D eigenvalue weighted by atomic mass is 9.73. The first-order valence-corrected chi connectivity index (χ1v) is 33.2. The minimum atomic E-state index is -1.79. The van der Waals surface area contributed by atoms with Crippen LogP contribution in [0.5, 0.6) is 17.2 Å². The number of carboxylic acid groups (broad SMARTS) is 3. The SMILES string of the molecule is COc1cccc(CN(CC(O)C[N+](C)(C)C)[C@@H]2[C@@H](O)[C@H](O[C@@H]3O[C@H](COCC(=O)O)[C@@H](O[C@@H]4C[C@H](COCC(=O)O)[C@@H](C)[C@H](O)[C@H]4N(Cc4cccc(OC)c4)CC(O)C[N+](C)(C)C)[C@H](O)[C@H]3N(Cc3cccc(OC)c3)CC(O)C[N+](C)(C)C)[C@@H](COCC(=O)O)O[C@H]2C)c1. The molecule has 9 N–H and O–H groups in total. The summed E-state index contributed by atoms with van der Waals surface area (Å²) in [6.45, 7) is 1.14. The van der Waals surface area contributed by atoms with E-state index >= 15 is 0 Å². The number of hydrogen-bond donors (Lipinski definition) is 9. The lowest BCUT2D eigenvalue weighted by molar-refractivity contribution is -0.873. The van der Waals surface area contributed by atoms with Crippen LogP contribution >= 0.6 is 0 Å². The summed E-state index contributed by atoms with van der Waals surface area (Å²) >= 11 is 0. The first-order valence-electron chi connectivity index (χ1n) is 33.2. The molecule has 97 heavy (non-hydrogen) atoms. The van der Waals surface area contributed by atoms with Crippen molar-refractivity contribution in [1.82, 2.24) is 14.7 Å². The second-order valence-corrected chi connectivity index (χ2v) is 29.4. The van der Waals surface area contributed by atoms with Gasteiger partial charge in [-0.05, 0) is 78.3 Å². The lowest BCUT2D eigenvalue weighted by Crippen LogP contribution is -2.70. The monoisotopic (exact) mass is 1380 g/mol. The molecule has 3 aromatic carbocycles. The van der Waals surface area contributed by atoms with Gasteiger partial charge in [0, 0.05) is 39.3 Å². The summed E-state index contributed by atoms with van der Waals surface area (Å²) in [6.07, 6.45) is -17.1. The highest BCUT2D eigenvalue weighted by Gasteiger charge is 2.56. The van der Waals surface area contributed by atoms with Gasteiger partial charge in [-0.3, -0.25) is 14.7 Å². The van der Waals surface area contributed by atoms with E-state index in [1.807, 2.05) is 123 Å². The summed E-state index contributed by atoms with van der Waals surface area (Å²) in [5, 5.41) is 106. The predicted octanol–water partition coefficient (Wildman–Crippen LogP) is 0.519. The van der Waals surface area contributed by atoms with Crippen LogP contribution in [0.1, 0.15) is 37.0 Å². The Labute approximate surface area is 571 Å². The van der Waals surface area contributed by atoms with Crippen molar-refractivity contribution in [3.8, 4) is 17.2 Å². The van der Waals surface area contributed by atoms with Gasteiger partial charge in [0.1, 0.15) is 112 Å². The summed E-state index contributed by atoms with van der Waals surface area (Å²) in [4.78, 5) is 41.9. The predicted molar refractivity (Wildman–Crippen MR) is 355 cm³/mol. The zero-order chi connectivity index (χ0) is 71.7. The summed E-state index contributed by atoms with van der Waals surface area (Å²) in [6, 6.07) is 18.4. The summed E-state index contributed by atoms with van der Waals surface area (Å²) < 4.78 is 64.1. The molecule has 0 amide bonds. The Kier molecular flexibility index (Phi) is 30.7. The number of aliphatic carboxylic acids is 3. The number of rotatable bonds is 40. The van der Waals surface area contributed by atoms with Crippen molar-refractivity contribution in [1.29, 1.82) is 0 Å². The van der Waals surface area contributed by atoms with Crippen molar-refractivity contribution in [3.05, 3.63) is 89.5 Å². The third kappa shape index (κ3) is 25.4. The summed E-state index contributed by atoms with van der Waals surface area (Å²) in [7, 11) is 22.0. The Morgan fingerprint density at radius 1 is 0.505 bits per heavy atom. The second-order valence-electron chi connectivity index (χ2n) is 29.4. The Morgan fingerprint density at radius 3 is 1.26 bits per heavy atom. The summed E-state index contributed by atoms with van der Waals surface area (Å²) in [5.41, 5.74) is 2.17. The van der Waals surface area contributed by atoms with E-state index in [4.69, 9.17) is 47.4 Å². The van der Waals surface area contributed by atoms with Gasteiger partial charge in [0.15, 0.2) is 6.29 Å². The molecule has 0 radical (unpaired) electrons. The molecule has 3 unspecified atom stereocenters. The van der Waals surface area contributed by atoms with E-state index in [9.17, 15) is 60.3 Å². The van der Waals surface area contributed by atoms with E-state index in [1.54, 1.807) is 56.4 Å². The van der Waals surface area contributed by atoms with Gasteiger partial charge in [-0.2, -0.15) is 0 Å². The number of ether oxygens (including phenoxy) is 10. The van der Waals surface area contributed by atoms with Crippen LogP contribution < -0.4 is 14.2 Å². The van der Waals surface area contributed by atoms with Crippen LogP contribution in [0.4, 0.5) is 0 Å². The number of carboxylic acids is 3. The summed E-state index contributed by atoms with van der Waals surface area (Å²) in [5.74, 6) is -3.35. The molecule has 2 saturated heterocycles. The maximum Gasteiger partial charge on any atom is 0.329 e. The van der Waals surface area contributed by atoms with Crippen LogP contribution in [0.15, 0.2) is 72.8 Å². The number of likely N-dealkylation sites (N-methyl/N-ethyl adjacent to an activating group) is 3. The Hall–Kier alpha value is -5.29. The third-order valence-electron chi connectivity index (χ3n) is 17.7. The topological polar surface area (TPSA) is 335 Å². The minimum Gasteiger partial charge on any atom is -0.497 e. The number of quaternary nitrogens is 3. The molecule has 3 fully saturated rings. The van der Waals surface area contributed by atoms with E-state index in [0.717, 1.165) is 11.1 Å². The fourth-order valence-electron chi connectivity index (χ4n) is 13.9. The molecule has 18 atom stereocenters. The molecule has 3 aliphatic rings. The molecule has 28 nitrogen and oxygen atoms in total.